The molecule has 0 N–H and O–H groups in total. The molecule has 0 aliphatic heterocycles. The number of aromatic nitrogens is 1. The van der Waals surface area contributed by atoms with E-state index in [-0.39, 0.29) is 5.41 Å². The molecule has 86 valence electrons. The molecule has 0 saturated carbocycles. The summed E-state index contributed by atoms with van der Waals surface area (Å²) in [6.45, 7) is 8.76. The summed E-state index contributed by atoms with van der Waals surface area (Å²) in [5.41, 5.74) is 5.37. The van der Waals surface area contributed by atoms with Crippen LogP contribution in [-0.2, 0) is 5.41 Å². The summed E-state index contributed by atoms with van der Waals surface area (Å²) >= 11 is 0. The zero-order valence-corrected chi connectivity index (χ0v) is 10.8. The Bertz CT molecular complexity index is 422. The van der Waals surface area contributed by atoms with E-state index in [9.17, 15) is 0 Å². The first kappa shape index (κ1) is 11.4. The van der Waals surface area contributed by atoms with E-state index in [0.717, 1.165) is 5.69 Å². The second kappa shape index (κ2) is 4.04. The number of pyridine rings is 1. The van der Waals surface area contributed by atoms with Gasteiger partial charge < -0.3 is 0 Å². The highest BCUT2D eigenvalue weighted by atomic mass is 14.7. The molecule has 0 bridgehead atoms. The first-order chi connectivity index (χ1) is 7.47. The predicted octanol–water partition coefficient (Wildman–Crippen LogP) is 4.25. The van der Waals surface area contributed by atoms with Crippen molar-refractivity contribution in [2.45, 2.75) is 52.4 Å². The molecular weight excluding hydrogens is 194 g/mol. The molecule has 16 heavy (non-hydrogen) atoms. The lowest BCUT2D eigenvalue weighted by molar-refractivity contribution is 0.567. The zero-order chi connectivity index (χ0) is 11.8. The fourth-order valence-electron chi connectivity index (χ4n) is 2.17. The monoisotopic (exact) mass is 215 g/mol. The van der Waals surface area contributed by atoms with E-state index in [0.29, 0.717) is 0 Å². The number of aryl methyl sites for hydroxylation is 1. The summed E-state index contributed by atoms with van der Waals surface area (Å²) in [6.07, 6.45) is 6.15. The summed E-state index contributed by atoms with van der Waals surface area (Å²) in [6, 6.07) is 4.48. The Kier molecular flexibility index (Phi) is 2.88. The molecular formula is C15H21N. The minimum absolute atomic E-state index is 0.139. The van der Waals surface area contributed by atoms with Crippen LogP contribution in [0.2, 0.25) is 0 Å². The van der Waals surface area contributed by atoms with Gasteiger partial charge in [0.05, 0.1) is 0 Å². The summed E-state index contributed by atoms with van der Waals surface area (Å²) in [5, 5.41) is 0. The fourth-order valence-corrected chi connectivity index (χ4v) is 2.17. The van der Waals surface area contributed by atoms with Crippen molar-refractivity contribution in [2.75, 3.05) is 0 Å². The van der Waals surface area contributed by atoms with Crippen LogP contribution >= 0.6 is 0 Å². The van der Waals surface area contributed by atoms with E-state index in [1.54, 1.807) is 0 Å². The maximum Gasteiger partial charge on any atom is 0.0466 e. The number of rotatable bonds is 1. The predicted molar refractivity (Wildman–Crippen MR) is 69.5 cm³/mol. The summed E-state index contributed by atoms with van der Waals surface area (Å²) in [4.78, 5) is 4.65. The first-order valence-corrected chi connectivity index (χ1v) is 6.15. The average molecular weight is 215 g/mol. The highest BCUT2D eigenvalue weighted by molar-refractivity contribution is 5.67. The zero-order valence-electron chi connectivity index (χ0n) is 10.8. The van der Waals surface area contributed by atoms with Gasteiger partial charge >= 0.3 is 0 Å². The van der Waals surface area contributed by atoms with Crippen LogP contribution in [0.1, 0.15) is 57.0 Å². The number of allylic oxidation sites excluding steroid dienone is 2. The molecule has 2 rings (SSSR count). The molecule has 0 atom stereocenters. The van der Waals surface area contributed by atoms with E-state index in [1.807, 2.05) is 0 Å². The molecule has 1 aromatic rings. The van der Waals surface area contributed by atoms with Gasteiger partial charge in [0.25, 0.3) is 0 Å². The average Bonchev–Trinajstić information content (AvgIpc) is 2.68. The highest BCUT2D eigenvalue weighted by Crippen LogP contribution is 2.30. The number of nitrogens with zero attached hydrogens (tertiary/aromatic N) is 1. The summed E-state index contributed by atoms with van der Waals surface area (Å²) < 4.78 is 0. The van der Waals surface area contributed by atoms with Crippen molar-refractivity contribution < 1.29 is 0 Å². The largest absolute Gasteiger partial charge is 0.258 e. The summed E-state index contributed by atoms with van der Waals surface area (Å²) in [7, 11) is 0. The van der Waals surface area contributed by atoms with Crippen LogP contribution in [0.15, 0.2) is 18.2 Å². The van der Waals surface area contributed by atoms with E-state index in [4.69, 9.17) is 0 Å². The minimum atomic E-state index is 0.139. The third-order valence-corrected chi connectivity index (χ3v) is 3.13. The van der Waals surface area contributed by atoms with Crippen LogP contribution in [0.25, 0.3) is 5.57 Å². The van der Waals surface area contributed by atoms with Gasteiger partial charge in [-0.25, -0.2) is 0 Å². The topological polar surface area (TPSA) is 12.9 Å². The van der Waals surface area contributed by atoms with Gasteiger partial charge in [0.1, 0.15) is 0 Å². The third-order valence-electron chi connectivity index (χ3n) is 3.13. The van der Waals surface area contributed by atoms with Crippen LogP contribution in [-0.4, -0.2) is 4.98 Å². The Balaban J connectivity index is 2.44. The van der Waals surface area contributed by atoms with Crippen LogP contribution in [0, 0.1) is 6.92 Å². The lowest BCUT2D eigenvalue weighted by atomic mass is 9.89. The van der Waals surface area contributed by atoms with Gasteiger partial charge in [-0.2, -0.15) is 0 Å². The molecule has 0 saturated heterocycles. The van der Waals surface area contributed by atoms with Gasteiger partial charge in [-0.3, -0.25) is 4.98 Å². The molecule has 1 heteroatoms. The fraction of sp³-hybridized carbons (Fsp3) is 0.533. The number of hydrogen-bond donors (Lipinski definition) is 0. The molecule has 0 spiro atoms. The molecule has 0 aromatic carbocycles. The van der Waals surface area contributed by atoms with Crippen LogP contribution in [0.3, 0.4) is 0 Å². The SMILES string of the molecule is Cc1cc(C2=CCCC2)cc(C(C)(C)C)n1. The van der Waals surface area contributed by atoms with E-state index in [1.165, 1.54) is 36.1 Å². The Labute approximate surface area is 98.6 Å². The molecule has 0 radical (unpaired) electrons. The van der Waals surface area contributed by atoms with Crippen LogP contribution < -0.4 is 0 Å². The quantitative estimate of drug-likeness (QED) is 0.682. The van der Waals surface area contributed by atoms with Gasteiger partial charge in [-0.05, 0) is 49.5 Å². The van der Waals surface area contributed by atoms with Crippen molar-refractivity contribution in [3.05, 3.63) is 35.2 Å². The molecule has 1 heterocycles. The Morgan fingerprint density at radius 1 is 1.19 bits per heavy atom. The second-order valence-electron chi connectivity index (χ2n) is 5.75. The van der Waals surface area contributed by atoms with Crippen molar-refractivity contribution in [3.63, 3.8) is 0 Å². The third kappa shape index (κ3) is 2.34. The Morgan fingerprint density at radius 3 is 2.50 bits per heavy atom. The molecule has 0 fully saturated rings. The van der Waals surface area contributed by atoms with Gasteiger partial charge in [0, 0.05) is 16.8 Å². The number of hydrogen-bond acceptors (Lipinski definition) is 1. The van der Waals surface area contributed by atoms with Crippen molar-refractivity contribution in [1.82, 2.24) is 4.98 Å². The van der Waals surface area contributed by atoms with Gasteiger partial charge in [0.15, 0.2) is 0 Å². The van der Waals surface area contributed by atoms with Crippen molar-refractivity contribution >= 4 is 5.57 Å². The lowest BCUT2D eigenvalue weighted by Gasteiger charge is -2.19. The second-order valence-corrected chi connectivity index (χ2v) is 5.75. The van der Waals surface area contributed by atoms with Gasteiger partial charge in [0.2, 0.25) is 0 Å². The molecule has 0 unspecified atom stereocenters. The van der Waals surface area contributed by atoms with Crippen molar-refractivity contribution in [1.29, 1.82) is 0 Å². The maximum absolute atomic E-state index is 4.65. The molecule has 1 aliphatic rings. The maximum atomic E-state index is 4.65. The smallest absolute Gasteiger partial charge is 0.0466 e. The molecule has 1 aliphatic carbocycles. The van der Waals surface area contributed by atoms with Gasteiger partial charge in [-0.15, -0.1) is 0 Å². The highest BCUT2D eigenvalue weighted by Gasteiger charge is 2.17. The van der Waals surface area contributed by atoms with Crippen LogP contribution in [0.5, 0.6) is 0 Å². The minimum Gasteiger partial charge on any atom is -0.258 e. The molecule has 1 aromatic heterocycles. The van der Waals surface area contributed by atoms with E-state index < -0.39 is 0 Å². The first-order valence-electron chi connectivity index (χ1n) is 6.15. The van der Waals surface area contributed by atoms with Crippen molar-refractivity contribution in [2.24, 2.45) is 0 Å². The van der Waals surface area contributed by atoms with Crippen LogP contribution in [0.4, 0.5) is 0 Å². The normalized spacial score (nSPS) is 16.4. The lowest BCUT2D eigenvalue weighted by Crippen LogP contribution is -2.14. The Hall–Kier alpha value is -1.11. The molecule has 1 nitrogen and oxygen atoms in total. The van der Waals surface area contributed by atoms with Crippen molar-refractivity contribution in [3.8, 4) is 0 Å². The summed E-state index contributed by atoms with van der Waals surface area (Å²) in [5.74, 6) is 0. The Morgan fingerprint density at radius 2 is 1.94 bits per heavy atom. The van der Waals surface area contributed by atoms with E-state index >= 15 is 0 Å². The standard InChI is InChI=1S/C15H21N/c1-11-9-13(12-7-5-6-8-12)10-14(16-11)15(2,3)4/h7,9-10H,5-6,8H2,1-4H3. The molecule has 0 amide bonds. The van der Waals surface area contributed by atoms with E-state index in [2.05, 4.69) is 50.9 Å². The van der Waals surface area contributed by atoms with Gasteiger partial charge in [-0.1, -0.05) is 26.8 Å².